The summed E-state index contributed by atoms with van der Waals surface area (Å²) in [5.41, 5.74) is 4.39. The third-order valence-electron chi connectivity index (χ3n) is 7.35. The number of halogens is 1. The maximum Gasteiger partial charge on any atom is 0.242 e. The molecule has 35 heavy (non-hydrogen) atoms. The summed E-state index contributed by atoms with van der Waals surface area (Å²) >= 11 is 6.23. The summed E-state index contributed by atoms with van der Waals surface area (Å²) in [6.07, 6.45) is 1.25. The molecule has 0 unspecified atom stereocenters. The van der Waals surface area contributed by atoms with Crippen LogP contribution in [0.4, 0.5) is 11.4 Å². The molecule has 0 bridgehead atoms. The summed E-state index contributed by atoms with van der Waals surface area (Å²) < 4.78 is 0. The number of rotatable bonds is 3. The number of nitrogens with one attached hydrogen (secondary N) is 1. The lowest BCUT2D eigenvalue weighted by molar-refractivity contribution is -0.131. The Hall–Kier alpha value is -2.83. The molecule has 3 aliphatic rings. The number of carbonyl (C=O) groups is 2. The standard InChI is InChI=1S/C28H33ClN4O2/c1-28(2)16-22-26(24(34)17-28)27(19-8-10-20(29)11-9-19)33(23-7-5-4-6-21(23)30-22)18-25(35)32-14-12-31(3)13-15-32/h4-11,27,30H,12-18H2,1-3H3/t27-/m1/s1. The molecule has 1 saturated heterocycles. The van der Waals surface area contributed by atoms with Crippen molar-refractivity contribution in [3.8, 4) is 0 Å². The van der Waals surface area contributed by atoms with Gasteiger partial charge in [-0.25, -0.2) is 0 Å². The number of allylic oxidation sites excluding steroid dienone is 1. The van der Waals surface area contributed by atoms with Crippen LogP contribution in [0.1, 0.15) is 38.3 Å². The second-order valence-electron chi connectivity index (χ2n) is 10.7. The number of hydrogen-bond acceptors (Lipinski definition) is 5. The fourth-order valence-corrected chi connectivity index (χ4v) is 5.65. The van der Waals surface area contributed by atoms with Crippen LogP contribution >= 0.6 is 11.6 Å². The number of fused-ring (bicyclic) bond motifs is 1. The molecule has 0 spiro atoms. The molecule has 184 valence electrons. The number of hydrogen-bond donors (Lipinski definition) is 1. The molecule has 1 atom stereocenters. The second-order valence-corrected chi connectivity index (χ2v) is 11.2. The molecule has 2 aliphatic heterocycles. The molecule has 0 aromatic heterocycles. The molecule has 2 aromatic carbocycles. The average molecular weight is 493 g/mol. The molecule has 2 aromatic rings. The molecule has 1 fully saturated rings. The molecule has 6 nitrogen and oxygen atoms in total. The highest BCUT2D eigenvalue weighted by atomic mass is 35.5. The minimum atomic E-state index is -0.376. The van der Waals surface area contributed by atoms with Crippen LogP contribution in [0, 0.1) is 5.41 Å². The molecule has 0 radical (unpaired) electrons. The van der Waals surface area contributed by atoms with E-state index in [9.17, 15) is 9.59 Å². The predicted molar refractivity (Wildman–Crippen MR) is 141 cm³/mol. The van der Waals surface area contributed by atoms with Crippen LogP contribution in [0.15, 0.2) is 59.8 Å². The number of anilines is 2. The van der Waals surface area contributed by atoms with Gasteiger partial charge >= 0.3 is 0 Å². The third-order valence-corrected chi connectivity index (χ3v) is 7.60. The van der Waals surface area contributed by atoms with E-state index >= 15 is 0 Å². The van der Waals surface area contributed by atoms with Crippen molar-refractivity contribution in [3.05, 3.63) is 70.4 Å². The van der Waals surface area contributed by atoms with Crippen LogP contribution < -0.4 is 10.2 Å². The highest BCUT2D eigenvalue weighted by Crippen LogP contribution is 2.48. The van der Waals surface area contributed by atoms with E-state index in [1.165, 1.54) is 0 Å². The van der Waals surface area contributed by atoms with Crippen LogP contribution in [0.3, 0.4) is 0 Å². The van der Waals surface area contributed by atoms with Crippen molar-refractivity contribution in [1.82, 2.24) is 9.80 Å². The Kier molecular flexibility index (Phi) is 6.36. The maximum absolute atomic E-state index is 13.7. The van der Waals surface area contributed by atoms with E-state index < -0.39 is 0 Å². The number of nitrogens with zero attached hydrogens (tertiary/aromatic N) is 3. The van der Waals surface area contributed by atoms with E-state index in [1.807, 2.05) is 53.4 Å². The van der Waals surface area contributed by atoms with Gasteiger partial charge in [-0.05, 0) is 48.7 Å². The van der Waals surface area contributed by atoms with E-state index in [0.717, 1.165) is 60.8 Å². The molecule has 5 rings (SSSR count). The predicted octanol–water partition coefficient (Wildman–Crippen LogP) is 4.73. The van der Waals surface area contributed by atoms with Gasteiger partial charge in [0, 0.05) is 48.9 Å². The fourth-order valence-electron chi connectivity index (χ4n) is 5.52. The zero-order valence-corrected chi connectivity index (χ0v) is 21.4. The molecular weight excluding hydrogens is 460 g/mol. The lowest BCUT2D eigenvalue weighted by Gasteiger charge is -2.39. The minimum absolute atomic E-state index is 0.0829. The Labute approximate surface area is 212 Å². The summed E-state index contributed by atoms with van der Waals surface area (Å²) in [6.45, 7) is 7.65. The highest BCUT2D eigenvalue weighted by Gasteiger charge is 2.42. The summed E-state index contributed by atoms with van der Waals surface area (Å²) in [5.74, 6) is 0.216. The number of carbonyl (C=O) groups excluding carboxylic acids is 2. The van der Waals surface area contributed by atoms with Gasteiger partial charge in [-0.15, -0.1) is 0 Å². The van der Waals surface area contributed by atoms with Gasteiger partial charge in [-0.2, -0.15) is 0 Å². The van der Waals surface area contributed by atoms with Gasteiger partial charge in [0.1, 0.15) is 0 Å². The molecule has 7 heteroatoms. The van der Waals surface area contributed by atoms with Crippen molar-refractivity contribution in [1.29, 1.82) is 0 Å². The summed E-state index contributed by atoms with van der Waals surface area (Å²) in [4.78, 5) is 33.6. The van der Waals surface area contributed by atoms with Gasteiger partial charge in [0.25, 0.3) is 0 Å². The summed E-state index contributed by atoms with van der Waals surface area (Å²) in [7, 11) is 2.08. The quantitative estimate of drug-likeness (QED) is 0.671. The second kappa shape index (κ2) is 9.32. The molecule has 1 aliphatic carbocycles. The first kappa shape index (κ1) is 23.9. The molecule has 1 amide bonds. The number of amides is 1. The van der Waals surface area contributed by atoms with Crippen molar-refractivity contribution in [2.75, 3.05) is 50.0 Å². The Morgan fingerprint density at radius 1 is 1.03 bits per heavy atom. The third kappa shape index (κ3) is 4.82. The minimum Gasteiger partial charge on any atom is -0.357 e. The van der Waals surface area contributed by atoms with E-state index in [4.69, 9.17) is 11.6 Å². The first-order chi connectivity index (χ1) is 16.7. The number of ketones is 1. The Balaban J connectivity index is 1.63. The van der Waals surface area contributed by atoms with Gasteiger partial charge in [0.05, 0.1) is 24.0 Å². The van der Waals surface area contributed by atoms with E-state index in [1.54, 1.807) is 0 Å². The molecule has 1 N–H and O–H groups in total. The monoisotopic (exact) mass is 492 g/mol. The van der Waals surface area contributed by atoms with Gasteiger partial charge in [-0.1, -0.05) is 49.7 Å². The number of para-hydroxylation sites is 2. The number of Topliss-reactive ketones (excluding diaryl/α,β-unsaturated/α-hetero) is 1. The van der Waals surface area contributed by atoms with Crippen LogP contribution in [-0.4, -0.2) is 61.3 Å². The summed E-state index contributed by atoms with van der Waals surface area (Å²) in [5, 5.41) is 4.25. The van der Waals surface area contributed by atoms with Crippen LogP contribution in [0.5, 0.6) is 0 Å². The lowest BCUT2D eigenvalue weighted by Crippen LogP contribution is -2.50. The first-order valence-corrected chi connectivity index (χ1v) is 12.7. The Bertz CT molecular complexity index is 1170. The van der Waals surface area contributed by atoms with Gasteiger partial charge in [0.15, 0.2) is 5.78 Å². The first-order valence-electron chi connectivity index (χ1n) is 12.3. The average Bonchev–Trinajstić information content (AvgIpc) is 2.94. The van der Waals surface area contributed by atoms with Crippen molar-refractivity contribution in [2.24, 2.45) is 5.41 Å². The van der Waals surface area contributed by atoms with Gasteiger partial charge in [-0.3, -0.25) is 9.59 Å². The zero-order valence-electron chi connectivity index (χ0n) is 20.7. The summed E-state index contributed by atoms with van der Waals surface area (Å²) in [6, 6.07) is 15.3. The van der Waals surface area contributed by atoms with Crippen molar-refractivity contribution in [2.45, 2.75) is 32.7 Å². The van der Waals surface area contributed by atoms with Crippen LogP contribution in [0.25, 0.3) is 0 Å². The highest BCUT2D eigenvalue weighted by molar-refractivity contribution is 6.30. The van der Waals surface area contributed by atoms with Crippen LogP contribution in [0.2, 0.25) is 5.02 Å². The van der Waals surface area contributed by atoms with E-state index in [2.05, 4.69) is 36.0 Å². The number of benzene rings is 2. The normalized spacial score (nSPS) is 22.3. The Morgan fingerprint density at radius 2 is 1.71 bits per heavy atom. The van der Waals surface area contributed by atoms with Crippen LogP contribution in [-0.2, 0) is 9.59 Å². The molecule has 2 heterocycles. The largest absolute Gasteiger partial charge is 0.357 e. The van der Waals surface area contributed by atoms with Crippen molar-refractivity contribution >= 4 is 34.7 Å². The fraction of sp³-hybridized carbons (Fsp3) is 0.429. The smallest absolute Gasteiger partial charge is 0.242 e. The number of likely N-dealkylation sites (N-methyl/N-ethyl adjacent to an activating group) is 1. The van der Waals surface area contributed by atoms with Gasteiger partial charge in [0.2, 0.25) is 5.91 Å². The van der Waals surface area contributed by atoms with E-state index in [-0.39, 0.29) is 29.7 Å². The van der Waals surface area contributed by atoms with Gasteiger partial charge < -0.3 is 20.0 Å². The maximum atomic E-state index is 13.7. The number of piperazine rings is 1. The lowest BCUT2D eigenvalue weighted by atomic mass is 9.73. The Morgan fingerprint density at radius 3 is 2.43 bits per heavy atom. The molecular formula is C28H33ClN4O2. The van der Waals surface area contributed by atoms with Crippen molar-refractivity contribution in [3.63, 3.8) is 0 Å². The SMILES string of the molecule is CN1CCN(C(=O)CN2c3ccccc3NC3=C(C(=O)CC(C)(C)C3)[C@H]2c2ccc(Cl)cc2)CC1. The molecule has 0 saturated carbocycles. The van der Waals surface area contributed by atoms with E-state index in [0.29, 0.717) is 11.4 Å². The van der Waals surface area contributed by atoms with Crippen molar-refractivity contribution < 1.29 is 9.59 Å². The zero-order chi connectivity index (χ0) is 24.7. The topological polar surface area (TPSA) is 55.9 Å².